The Kier molecular flexibility index (Phi) is 3.07. The minimum atomic E-state index is 0.505. The van der Waals surface area contributed by atoms with Crippen LogP contribution in [0.5, 0.6) is 5.88 Å². The van der Waals surface area contributed by atoms with Crippen LogP contribution >= 0.6 is 0 Å². The van der Waals surface area contributed by atoms with Gasteiger partial charge in [0.2, 0.25) is 5.88 Å². The summed E-state index contributed by atoms with van der Waals surface area (Å²) >= 11 is 0. The largest absolute Gasteiger partial charge is 0.476 e. The van der Waals surface area contributed by atoms with Crippen LogP contribution in [0, 0.1) is 0 Å². The van der Waals surface area contributed by atoms with E-state index in [9.17, 15) is 0 Å². The molecule has 3 rings (SSSR count). The number of aromatic nitrogens is 2. The highest BCUT2D eigenvalue weighted by molar-refractivity contribution is 5.34. The Morgan fingerprint density at radius 1 is 1.33 bits per heavy atom. The van der Waals surface area contributed by atoms with E-state index in [4.69, 9.17) is 10.5 Å². The van der Waals surface area contributed by atoms with Gasteiger partial charge < -0.3 is 15.4 Å². The molecule has 2 saturated carbocycles. The Balaban J connectivity index is 1.54. The molecule has 0 aromatic carbocycles. The second kappa shape index (κ2) is 4.72. The van der Waals surface area contributed by atoms with Gasteiger partial charge >= 0.3 is 0 Å². The molecule has 0 radical (unpaired) electrons. The lowest BCUT2D eigenvalue weighted by Gasteiger charge is -2.15. The Bertz CT molecular complexity index is 429. The molecule has 2 aliphatic carbocycles. The van der Waals surface area contributed by atoms with E-state index in [0.717, 1.165) is 18.4 Å². The molecular formula is C13H20N4O. The topological polar surface area (TPSA) is 64.3 Å². The standard InChI is InChI=1S/C13H20N4O/c1-17(10-4-5-10)6-7-18-12-8-11(14)15-13(16-12)9-2-3-9/h8-10H,2-7H2,1H3,(H2,14,15,16). The molecule has 2 fully saturated rings. The van der Waals surface area contributed by atoms with E-state index in [1.165, 1.54) is 25.7 Å². The first kappa shape index (κ1) is 11.7. The van der Waals surface area contributed by atoms with Crippen LogP contribution in [0.2, 0.25) is 0 Å². The zero-order chi connectivity index (χ0) is 12.5. The number of nitrogen functional groups attached to an aromatic ring is 1. The van der Waals surface area contributed by atoms with E-state index in [0.29, 0.717) is 24.2 Å². The molecule has 0 atom stereocenters. The van der Waals surface area contributed by atoms with Crippen molar-refractivity contribution < 1.29 is 4.74 Å². The predicted octanol–water partition coefficient (Wildman–Crippen LogP) is 1.41. The van der Waals surface area contributed by atoms with E-state index in [1.807, 2.05) is 0 Å². The van der Waals surface area contributed by atoms with Crippen LogP contribution in [0.4, 0.5) is 5.82 Å². The molecule has 1 heterocycles. The van der Waals surface area contributed by atoms with Crippen molar-refractivity contribution >= 4 is 5.82 Å². The molecule has 2 N–H and O–H groups in total. The van der Waals surface area contributed by atoms with Gasteiger partial charge in [0, 0.05) is 24.6 Å². The lowest BCUT2D eigenvalue weighted by Crippen LogP contribution is -2.26. The Labute approximate surface area is 107 Å². The zero-order valence-corrected chi connectivity index (χ0v) is 10.8. The highest BCUT2D eigenvalue weighted by Gasteiger charge is 2.28. The molecule has 0 saturated heterocycles. The zero-order valence-electron chi connectivity index (χ0n) is 10.8. The summed E-state index contributed by atoms with van der Waals surface area (Å²) < 4.78 is 5.68. The number of likely N-dealkylation sites (N-methyl/N-ethyl adjacent to an activating group) is 1. The maximum absolute atomic E-state index is 5.77. The normalized spacial score (nSPS) is 19.2. The molecule has 0 amide bonds. The van der Waals surface area contributed by atoms with Gasteiger partial charge in [-0.25, -0.2) is 4.98 Å². The van der Waals surface area contributed by atoms with E-state index in [2.05, 4.69) is 21.9 Å². The molecule has 0 spiro atoms. The van der Waals surface area contributed by atoms with Crippen molar-refractivity contribution in [2.24, 2.45) is 0 Å². The Morgan fingerprint density at radius 2 is 2.11 bits per heavy atom. The van der Waals surface area contributed by atoms with Crippen LogP contribution in [0.15, 0.2) is 6.07 Å². The van der Waals surface area contributed by atoms with Crippen LogP contribution in [-0.2, 0) is 0 Å². The Hall–Kier alpha value is -1.36. The fourth-order valence-corrected chi connectivity index (χ4v) is 2.05. The molecule has 1 aromatic rings. The number of nitrogens with zero attached hydrogens (tertiary/aromatic N) is 3. The van der Waals surface area contributed by atoms with Gasteiger partial charge in [-0.05, 0) is 32.7 Å². The fraction of sp³-hybridized carbons (Fsp3) is 0.692. The highest BCUT2D eigenvalue weighted by Crippen LogP contribution is 2.38. The second-order valence-electron chi connectivity index (χ2n) is 5.32. The number of anilines is 1. The van der Waals surface area contributed by atoms with E-state index in [-0.39, 0.29) is 0 Å². The number of nitrogens with two attached hydrogens (primary N) is 1. The molecule has 1 aromatic heterocycles. The summed E-state index contributed by atoms with van der Waals surface area (Å²) in [5.74, 6) is 2.48. The third-order valence-corrected chi connectivity index (χ3v) is 3.55. The van der Waals surface area contributed by atoms with Crippen molar-refractivity contribution in [1.82, 2.24) is 14.9 Å². The first-order valence-corrected chi connectivity index (χ1v) is 6.70. The van der Waals surface area contributed by atoms with Crippen molar-refractivity contribution in [2.45, 2.75) is 37.6 Å². The smallest absolute Gasteiger partial charge is 0.218 e. The summed E-state index contributed by atoms with van der Waals surface area (Å²) in [6, 6.07) is 2.48. The summed E-state index contributed by atoms with van der Waals surface area (Å²) in [6.07, 6.45) is 4.99. The van der Waals surface area contributed by atoms with Gasteiger partial charge in [0.25, 0.3) is 0 Å². The predicted molar refractivity (Wildman–Crippen MR) is 69.6 cm³/mol. The first-order chi connectivity index (χ1) is 8.72. The van der Waals surface area contributed by atoms with Gasteiger partial charge in [-0.1, -0.05) is 0 Å². The molecule has 2 aliphatic rings. The van der Waals surface area contributed by atoms with Crippen LogP contribution in [-0.4, -0.2) is 41.1 Å². The number of hydrogen-bond donors (Lipinski definition) is 1. The number of hydrogen-bond acceptors (Lipinski definition) is 5. The summed E-state index contributed by atoms with van der Waals surface area (Å²) in [7, 11) is 2.14. The third kappa shape index (κ3) is 2.90. The molecule has 0 aliphatic heterocycles. The summed E-state index contributed by atoms with van der Waals surface area (Å²) in [5.41, 5.74) is 5.77. The van der Waals surface area contributed by atoms with Gasteiger partial charge in [0.05, 0.1) is 0 Å². The van der Waals surface area contributed by atoms with Gasteiger partial charge in [0.1, 0.15) is 18.2 Å². The SMILES string of the molecule is CN(CCOc1cc(N)nc(C2CC2)n1)C1CC1. The van der Waals surface area contributed by atoms with Gasteiger partial charge in [-0.3, -0.25) is 0 Å². The molecule has 5 heteroatoms. The summed E-state index contributed by atoms with van der Waals surface area (Å²) in [4.78, 5) is 11.0. The minimum absolute atomic E-state index is 0.505. The monoisotopic (exact) mass is 248 g/mol. The molecule has 0 unspecified atom stereocenters. The van der Waals surface area contributed by atoms with Crippen molar-refractivity contribution in [3.63, 3.8) is 0 Å². The van der Waals surface area contributed by atoms with E-state index >= 15 is 0 Å². The van der Waals surface area contributed by atoms with Crippen molar-refractivity contribution in [2.75, 3.05) is 25.9 Å². The first-order valence-electron chi connectivity index (χ1n) is 6.70. The van der Waals surface area contributed by atoms with Crippen molar-refractivity contribution in [3.05, 3.63) is 11.9 Å². The van der Waals surface area contributed by atoms with Crippen molar-refractivity contribution in [3.8, 4) is 5.88 Å². The van der Waals surface area contributed by atoms with Gasteiger partial charge in [-0.15, -0.1) is 0 Å². The minimum Gasteiger partial charge on any atom is -0.476 e. The average Bonchev–Trinajstić information content (AvgIpc) is 3.17. The lowest BCUT2D eigenvalue weighted by molar-refractivity contribution is 0.226. The maximum Gasteiger partial charge on any atom is 0.218 e. The molecular weight excluding hydrogens is 228 g/mol. The average molecular weight is 248 g/mol. The molecule has 5 nitrogen and oxygen atoms in total. The van der Waals surface area contributed by atoms with Crippen LogP contribution in [0.25, 0.3) is 0 Å². The quantitative estimate of drug-likeness (QED) is 0.824. The number of ether oxygens (including phenoxy) is 1. The second-order valence-corrected chi connectivity index (χ2v) is 5.32. The van der Waals surface area contributed by atoms with E-state index < -0.39 is 0 Å². The molecule has 0 bridgehead atoms. The van der Waals surface area contributed by atoms with Gasteiger partial charge in [-0.2, -0.15) is 4.98 Å². The Morgan fingerprint density at radius 3 is 2.78 bits per heavy atom. The number of rotatable bonds is 6. The molecule has 18 heavy (non-hydrogen) atoms. The molecule has 98 valence electrons. The maximum atomic E-state index is 5.77. The van der Waals surface area contributed by atoms with Gasteiger partial charge in [0.15, 0.2) is 0 Å². The van der Waals surface area contributed by atoms with Crippen LogP contribution in [0.3, 0.4) is 0 Å². The lowest BCUT2D eigenvalue weighted by atomic mass is 10.4. The van der Waals surface area contributed by atoms with Crippen LogP contribution in [0.1, 0.15) is 37.4 Å². The highest BCUT2D eigenvalue weighted by atomic mass is 16.5. The van der Waals surface area contributed by atoms with Crippen molar-refractivity contribution in [1.29, 1.82) is 0 Å². The summed E-state index contributed by atoms with van der Waals surface area (Å²) in [5, 5.41) is 0. The van der Waals surface area contributed by atoms with Crippen LogP contribution < -0.4 is 10.5 Å². The summed E-state index contributed by atoms with van der Waals surface area (Å²) in [6.45, 7) is 1.60. The fourth-order valence-electron chi connectivity index (χ4n) is 2.05. The third-order valence-electron chi connectivity index (χ3n) is 3.55. The van der Waals surface area contributed by atoms with E-state index in [1.54, 1.807) is 6.07 Å².